The van der Waals surface area contributed by atoms with Crippen LogP contribution < -0.4 is 0 Å². The fraction of sp³-hybridized carbons (Fsp3) is 0.400. The van der Waals surface area contributed by atoms with Crippen LogP contribution in [0.2, 0.25) is 0 Å². The average molecular weight is 279 g/mol. The quantitative estimate of drug-likeness (QED) is 0.730. The predicted octanol–water partition coefficient (Wildman–Crippen LogP) is 5.36. The van der Waals surface area contributed by atoms with Crippen molar-refractivity contribution >= 4 is 0 Å². The number of piperidine rings is 1. The van der Waals surface area contributed by atoms with E-state index in [1.807, 2.05) is 0 Å². The molecule has 0 aromatic heterocycles. The van der Waals surface area contributed by atoms with Gasteiger partial charge in [0.1, 0.15) is 0 Å². The second-order valence-electron chi connectivity index (χ2n) is 6.32. The minimum Gasteiger partial charge on any atom is -0.287 e. The smallest absolute Gasteiger partial charge is 0.0356 e. The molecule has 1 heteroatoms. The Bertz CT molecular complexity index is 499. The van der Waals surface area contributed by atoms with Crippen molar-refractivity contribution in [2.45, 2.75) is 51.2 Å². The van der Waals surface area contributed by atoms with Crippen molar-refractivity contribution in [1.29, 1.82) is 0 Å². The molecule has 2 aromatic rings. The molecule has 0 aliphatic carbocycles. The molecule has 0 radical (unpaired) electrons. The van der Waals surface area contributed by atoms with Crippen molar-refractivity contribution in [3.63, 3.8) is 0 Å². The van der Waals surface area contributed by atoms with Crippen molar-refractivity contribution in [2.75, 3.05) is 0 Å². The van der Waals surface area contributed by atoms with Gasteiger partial charge in [0.15, 0.2) is 0 Å². The molecular weight excluding hydrogens is 254 g/mol. The minimum atomic E-state index is 0.546. The van der Waals surface area contributed by atoms with E-state index < -0.39 is 0 Å². The third kappa shape index (κ3) is 3.03. The first-order valence-corrected chi connectivity index (χ1v) is 8.14. The van der Waals surface area contributed by atoms with Crippen LogP contribution in [-0.2, 0) is 0 Å². The van der Waals surface area contributed by atoms with Gasteiger partial charge in [0.05, 0.1) is 0 Å². The van der Waals surface area contributed by atoms with Crippen molar-refractivity contribution in [3.8, 4) is 0 Å². The van der Waals surface area contributed by atoms with E-state index in [1.165, 1.54) is 30.4 Å². The van der Waals surface area contributed by atoms with Crippen LogP contribution in [-0.4, -0.2) is 10.9 Å². The van der Waals surface area contributed by atoms with Gasteiger partial charge in [-0.05, 0) is 44.2 Å². The zero-order valence-electron chi connectivity index (χ0n) is 13.1. The first-order chi connectivity index (χ1) is 10.3. The Labute approximate surface area is 128 Å². The largest absolute Gasteiger partial charge is 0.287 e. The van der Waals surface area contributed by atoms with Gasteiger partial charge in [-0.2, -0.15) is 0 Å². The highest BCUT2D eigenvalue weighted by molar-refractivity contribution is 5.24. The van der Waals surface area contributed by atoms with Crippen LogP contribution in [0.3, 0.4) is 0 Å². The second-order valence-corrected chi connectivity index (χ2v) is 6.32. The number of hydrogen-bond donors (Lipinski definition) is 0. The van der Waals surface area contributed by atoms with Crippen molar-refractivity contribution in [2.24, 2.45) is 0 Å². The van der Waals surface area contributed by atoms with Crippen molar-refractivity contribution in [1.82, 2.24) is 4.90 Å². The van der Waals surface area contributed by atoms with Gasteiger partial charge in [0.25, 0.3) is 0 Å². The lowest BCUT2D eigenvalue weighted by Gasteiger charge is -2.45. The summed E-state index contributed by atoms with van der Waals surface area (Å²) in [7, 11) is 0. The molecule has 0 saturated carbocycles. The first-order valence-electron chi connectivity index (χ1n) is 8.14. The molecule has 1 nitrogen and oxygen atoms in total. The van der Waals surface area contributed by atoms with Crippen LogP contribution in [0.5, 0.6) is 0 Å². The number of benzene rings is 2. The van der Waals surface area contributed by atoms with Gasteiger partial charge in [-0.3, -0.25) is 4.90 Å². The molecule has 0 N–H and O–H groups in total. The van der Waals surface area contributed by atoms with Crippen molar-refractivity contribution < 1.29 is 0 Å². The fourth-order valence-electron chi connectivity index (χ4n) is 3.77. The Balaban J connectivity index is 1.95. The molecule has 2 atom stereocenters. The Kier molecular flexibility index (Phi) is 4.40. The van der Waals surface area contributed by atoms with Gasteiger partial charge in [0, 0.05) is 18.1 Å². The minimum absolute atomic E-state index is 0.546. The summed E-state index contributed by atoms with van der Waals surface area (Å²) in [6.07, 6.45) is 3.85. The van der Waals surface area contributed by atoms with Crippen LogP contribution in [0, 0.1) is 0 Å². The maximum absolute atomic E-state index is 2.72. The molecule has 0 spiro atoms. The molecule has 1 saturated heterocycles. The molecular formula is C20H25N. The molecule has 0 bridgehead atoms. The Morgan fingerprint density at radius 3 is 1.57 bits per heavy atom. The third-order valence-corrected chi connectivity index (χ3v) is 4.64. The average Bonchev–Trinajstić information content (AvgIpc) is 2.55. The summed E-state index contributed by atoms with van der Waals surface area (Å²) < 4.78 is 0. The standard InChI is InChI=1S/C20H25N/c1-16(2)21-19(17-10-5-3-6-11-17)14-9-15-20(21)18-12-7-4-8-13-18/h3-8,10-13,16,19-20H,9,14-15H2,1-2H3/t19-,20+. The number of rotatable bonds is 3. The summed E-state index contributed by atoms with van der Waals surface area (Å²) in [6.45, 7) is 4.66. The van der Waals surface area contributed by atoms with Gasteiger partial charge in [-0.25, -0.2) is 0 Å². The SMILES string of the molecule is CC(C)N1[C@@H](c2ccccc2)CCC[C@H]1c1ccccc1. The Morgan fingerprint density at radius 2 is 1.19 bits per heavy atom. The molecule has 1 aliphatic rings. The van der Waals surface area contributed by atoms with Gasteiger partial charge in [-0.1, -0.05) is 60.7 Å². The normalized spacial score (nSPS) is 23.4. The lowest BCUT2D eigenvalue weighted by molar-refractivity contribution is 0.0497. The van der Waals surface area contributed by atoms with E-state index in [4.69, 9.17) is 0 Å². The van der Waals surface area contributed by atoms with E-state index >= 15 is 0 Å². The van der Waals surface area contributed by atoms with Gasteiger partial charge in [0.2, 0.25) is 0 Å². The zero-order valence-corrected chi connectivity index (χ0v) is 13.1. The maximum Gasteiger partial charge on any atom is 0.0356 e. The summed E-state index contributed by atoms with van der Waals surface area (Å²) >= 11 is 0. The molecule has 2 aromatic carbocycles. The molecule has 1 aliphatic heterocycles. The summed E-state index contributed by atoms with van der Waals surface area (Å²) in [5.41, 5.74) is 2.93. The Morgan fingerprint density at radius 1 is 0.762 bits per heavy atom. The molecule has 1 heterocycles. The van der Waals surface area contributed by atoms with Crippen LogP contribution in [0.15, 0.2) is 60.7 Å². The predicted molar refractivity (Wildman–Crippen MR) is 89.2 cm³/mol. The van der Waals surface area contributed by atoms with Crippen LogP contribution >= 0.6 is 0 Å². The van der Waals surface area contributed by atoms with E-state index in [-0.39, 0.29) is 0 Å². The molecule has 21 heavy (non-hydrogen) atoms. The summed E-state index contributed by atoms with van der Waals surface area (Å²) in [6, 6.07) is 23.7. The second kappa shape index (κ2) is 6.44. The lowest BCUT2D eigenvalue weighted by Crippen LogP contribution is -2.41. The topological polar surface area (TPSA) is 3.24 Å². The first kappa shape index (κ1) is 14.3. The highest BCUT2D eigenvalue weighted by Gasteiger charge is 2.33. The van der Waals surface area contributed by atoms with E-state index in [0.717, 1.165) is 0 Å². The monoisotopic (exact) mass is 279 g/mol. The van der Waals surface area contributed by atoms with Gasteiger partial charge >= 0.3 is 0 Å². The summed E-state index contributed by atoms with van der Waals surface area (Å²) in [5.74, 6) is 0. The molecule has 110 valence electrons. The number of hydrogen-bond acceptors (Lipinski definition) is 1. The van der Waals surface area contributed by atoms with Crippen molar-refractivity contribution in [3.05, 3.63) is 71.8 Å². The number of nitrogens with zero attached hydrogens (tertiary/aromatic N) is 1. The zero-order chi connectivity index (χ0) is 14.7. The molecule has 3 rings (SSSR count). The Hall–Kier alpha value is -1.60. The summed E-state index contributed by atoms with van der Waals surface area (Å²) in [4.78, 5) is 2.72. The fourth-order valence-corrected chi connectivity index (χ4v) is 3.77. The van der Waals surface area contributed by atoms with Gasteiger partial charge < -0.3 is 0 Å². The maximum atomic E-state index is 2.72. The molecule has 0 amide bonds. The lowest BCUT2D eigenvalue weighted by atomic mass is 9.86. The van der Waals surface area contributed by atoms with Gasteiger partial charge in [-0.15, -0.1) is 0 Å². The van der Waals surface area contributed by atoms with Crippen LogP contribution in [0.1, 0.15) is 56.3 Å². The van der Waals surface area contributed by atoms with Crippen LogP contribution in [0.4, 0.5) is 0 Å². The summed E-state index contributed by atoms with van der Waals surface area (Å²) in [5, 5.41) is 0. The van der Waals surface area contributed by atoms with E-state index in [1.54, 1.807) is 0 Å². The third-order valence-electron chi connectivity index (χ3n) is 4.64. The van der Waals surface area contributed by atoms with E-state index in [2.05, 4.69) is 79.4 Å². The van der Waals surface area contributed by atoms with Crippen LogP contribution in [0.25, 0.3) is 0 Å². The highest BCUT2D eigenvalue weighted by atomic mass is 15.2. The molecule has 1 fully saturated rings. The number of likely N-dealkylation sites (tertiary alicyclic amines) is 1. The van der Waals surface area contributed by atoms with E-state index in [9.17, 15) is 0 Å². The highest BCUT2D eigenvalue weighted by Crippen LogP contribution is 2.42. The molecule has 0 unspecified atom stereocenters. The van der Waals surface area contributed by atoms with E-state index in [0.29, 0.717) is 18.1 Å².